The number of hydrogen-bond acceptors (Lipinski definition) is 6. The number of carbonyl (C=O) groups is 1. The van der Waals surface area contributed by atoms with Gasteiger partial charge in [-0.05, 0) is 63.7 Å². The minimum Gasteiger partial charge on any atom is -0.361 e. The van der Waals surface area contributed by atoms with Crippen LogP contribution in [0.15, 0.2) is 12.1 Å². The normalized spacial score (nSPS) is 22.7. The molecule has 0 aromatic carbocycles. The van der Waals surface area contributed by atoms with Gasteiger partial charge in [-0.1, -0.05) is 6.42 Å². The number of rotatable bonds is 4. The van der Waals surface area contributed by atoms with E-state index in [1.54, 1.807) is 0 Å². The van der Waals surface area contributed by atoms with E-state index >= 15 is 0 Å². The molecule has 4 rings (SSSR count). The van der Waals surface area contributed by atoms with E-state index in [9.17, 15) is 4.79 Å². The summed E-state index contributed by atoms with van der Waals surface area (Å²) in [4.78, 5) is 22.1. The average Bonchev–Trinajstić information content (AvgIpc) is 2.79. The molecule has 1 aromatic heterocycles. The van der Waals surface area contributed by atoms with Crippen molar-refractivity contribution in [2.75, 3.05) is 63.2 Å². The predicted molar refractivity (Wildman–Crippen MR) is 116 cm³/mol. The van der Waals surface area contributed by atoms with Gasteiger partial charge in [-0.15, -0.1) is 10.2 Å². The van der Waals surface area contributed by atoms with Gasteiger partial charge in [0.15, 0.2) is 11.6 Å². The monoisotopic (exact) mass is 400 g/mol. The van der Waals surface area contributed by atoms with E-state index in [4.69, 9.17) is 0 Å². The van der Waals surface area contributed by atoms with Crippen molar-refractivity contribution >= 4 is 17.5 Å². The number of hydrogen-bond donors (Lipinski definition) is 0. The SMILES string of the molecule is CN(C)c1ccc(N2CCC(C(=O)N3CCC(N4CCCCC4)CC3)CC2)nn1. The Morgan fingerprint density at radius 2 is 1.59 bits per heavy atom. The smallest absolute Gasteiger partial charge is 0.225 e. The highest BCUT2D eigenvalue weighted by Gasteiger charge is 2.32. The summed E-state index contributed by atoms with van der Waals surface area (Å²) in [6, 6.07) is 4.74. The summed E-state index contributed by atoms with van der Waals surface area (Å²) in [7, 11) is 3.94. The minimum absolute atomic E-state index is 0.173. The zero-order chi connectivity index (χ0) is 20.2. The molecule has 0 aliphatic carbocycles. The van der Waals surface area contributed by atoms with Crippen LogP contribution in [0.5, 0.6) is 0 Å². The second-order valence-electron chi connectivity index (χ2n) is 9.06. The largest absolute Gasteiger partial charge is 0.361 e. The zero-order valence-corrected chi connectivity index (χ0v) is 18.1. The minimum atomic E-state index is 0.173. The molecule has 1 aromatic rings. The van der Waals surface area contributed by atoms with E-state index in [0.29, 0.717) is 11.9 Å². The van der Waals surface area contributed by atoms with Crippen LogP contribution in [0.4, 0.5) is 11.6 Å². The standard InChI is InChI=1S/C22H36N6O/c1-25(2)20-6-7-21(24-23-20)27-14-8-18(9-15-27)22(29)28-16-10-19(11-17-28)26-12-4-3-5-13-26/h6-7,18-19H,3-5,8-17H2,1-2H3. The van der Waals surface area contributed by atoms with Crippen molar-refractivity contribution in [3.8, 4) is 0 Å². The Labute approximate surface area is 175 Å². The lowest BCUT2D eigenvalue weighted by molar-refractivity contribution is -0.137. The first-order valence-electron chi connectivity index (χ1n) is 11.4. The summed E-state index contributed by atoms with van der Waals surface area (Å²) >= 11 is 0. The number of piperidine rings is 3. The number of likely N-dealkylation sites (tertiary alicyclic amines) is 2. The summed E-state index contributed by atoms with van der Waals surface area (Å²) in [5.74, 6) is 2.35. The first-order valence-corrected chi connectivity index (χ1v) is 11.4. The van der Waals surface area contributed by atoms with Crippen molar-refractivity contribution in [1.29, 1.82) is 0 Å². The molecule has 0 unspecified atom stereocenters. The fourth-order valence-corrected chi connectivity index (χ4v) is 5.07. The van der Waals surface area contributed by atoms with Gasteiger partial charge in [-0.2, -0.15) is 0 Å². The number of anilines is 2. The quantitative estimate of drug-likeness (QED) is 0.773. The molecule has 7 nitrogen and oxygen atoms in total. The van der Waals surface area contributed by atoms with Crippen molar-refractivity contribution < 1.29 is 4.79 Å². The van der Waals surface area contributed by atoms with Gasteiger partial charge in [0.2, 0.25) is 5.91 Å². The van der Waals surface area contributed by atoms with Crippen LogP contribution in [0.2, 0.25) is 0 Å². The molecule has 7 heteroatoms. The molecule has 0 spiro atoms. The molecular weight excluding hydrogens is 364 g/mol. The lowest BCUT2D eigenvalue weighted by Crippen LogP contribution is -2.50. The maximum atomic E-state index is 13.1. The highest BCUT2D eigenvalue weighted by Crippen LogP contribution is 2.26. The first kappa shape index (κ1) is 20.4. The molecular formula is C22H36N6O. The molecule has 1 amide bonds. The van der Waals surface area contributed by atoms with Crippen LogP contribution in [0, 0.1) is 5.92 Å². The third-order valence-electron chi connectivity index (χ3n) is 6.95. The van der Waals surface area contributed by atoms with E-state index in [1.165, 1.54) is 32.4 Å². The van der Waals surface area contributed by atoms with Crippen LogP contribution in [-0.4, -0.2) is 85.3 Å². The van der Waals surface area contributed by atoms with Gasteiger partial charge in [-0.25, -0.2) is 0 Å². The Bertz CT molecular complexity index is 656. The molecule has 160 valence electrons. The van der Waals surface area contributed by atoms with Crippen molar-refractivity contribution in [2.45, 2.75) is 51.0 Å². The summed E-state index contributed by atoms with van der Waals surface area (Å²) < 4.78 is 0. The Morgan fingerprint density at radius 3 is 2.17 bits per heavy atom. The second kappa shape index (κ2) is 9.28. The maximum absolute atomic E-state index is 13.1. The van der Waals surface area contributed by atoms with Crippen molar-refractivity contribution in [2.24, 2.45) is 5.92 Å². The van der Waals surface area contributed by atoms with Crippen LogP contribution in [0.3, 0.4) is 0 Å². The highest BCUT2D eigenvalue weighted by atomic mass is 16.2. The van der Waals surface area contributed by atoms with Gasteiger partial charge in [-0.3, -0.25) is 4.79 Å². The Morgan fingerprint density at radius 1 is 0.897 bits per heavy atom. The molecule has 3 aliphatic rings. The lowest BCUT2D eigenvalue weighted by Gasteiger charge is -2.41. The predicted octanol–water partition coefficient (Wildman–Crippen LogP) is 2.24. The number of nitrogens with zero attached hydrogens (tertiary/aromatic N) is 6. The maximum Gasteiger partial charge on any atom is 0.225 e. The Hall–Kier alpha value is -1.89. The molecule has 3 fully saturated rings. The van der Waals surface area contributed by atoms with Crippen LogP contribution in [0.1, 0.15) is 44.9 Å². The summed E-state index contributed by atoms with van der Waals surface area (Å²) in [6.07, 6.45) is 8.22. The molecule has 4 heterocycles. The highest BCUT2D eigenvalue weighted by molar-refractivity contribution is 5.79. The van der Waals surface area contributed by atoms with E-state index in [0.717, 1.165) is 63.5 Å². The van der Waals surface area contributed by atoms with Gasteiger partial charge < -0.3 is 19.6 Å². The third kappa shape index (κ3) is 4.82. The fourth-order valence-electron chi connectivity index (χ4n) is 5.07. The molecule has 0 bridgehead atoms. The van der Waals surface area contributed by atoms with Crippen molar-refractivity contribution in [3.63, 3.8) is 0 Å². The molecule has 3 aliphatic heterocycles. The number of amides is 1. The van der Waals surface area contributed by atoms with Crippen molar-refractivity contribution in [3.05, 3.63) is 12.1 Å². The van der Waals surface area contributed by atoms with Crippen LogP contribution in [0.25, 0.3) is 0 Å². The molecule has 0 radical (unpaired) electrons. The Balaban J connectivity index is 1.24. The molecule has 0 N–H and O–H groups in total. The van der Waals surface area contributed by atoms with Gasteiger partial charge in [0.05, 0.1) is 0 Å². The fraction of sp³-hybridized carbons (Fsp3) is 0.773. The zero-order valence-electron chi connectivity index (χ0n) is 18.1. The van der Waals surface area contributed by atoms with Gasteiger partial charge in [0, 0.05) is 52.2 Å². The topological polar surface area (TPSA) is 55.8 Å². The van der Waals surface area contributed by atoms with E-state index in [-0.39, 0.29) is 5.92 Å². The summed E-state index contributed by atoms with van der Waals surface area (Å²) in [5, 5.41) is 8.65. The van der Waals surface area contributed by atoms with Crippen LogP contribution in [-0.2, 0) is 4.79 Å². The lowest BCUT2D eigenvalue weighted by atomic mass is 9.93. The molecule has 0 atom stereocenters. The van der Waals surface area contributed by atoms with Crippen LogP contribution < -0.4 is 9.80 Å². The van der Waals surface area contributed by atoms with Gasteiger partial charge >= 0.3 is 0 Å². The van der Waals surface area contributed by atoms with Crippen molar-refractivity contribution in [1.82, 2.24) is 20.0 Å². The second-order valence-corrected chi connectivity index (χ2v) is 9.06. The number of aromatic nitrogens is 2. The van der Waals surface area contributed by atoms with E-state index < -0.39 is 0 Å². The molecule has 29 heavy (non-hydrogen) atoms. The van der Waals surface area contributed by atoms with E-state index in [2.05, 4.69) is 24.9 Å². The third-order valence-corrected chi connectivity index (χ3v) is 6.95. The van der Waals surface area contributed by atoms with Gasteiger partial charge in [0.1, 0.15) is 0 Å². The molecule has 3 saturated heterocycles. The first-order chi connectivity index (χ1) is 14.1. The van der Waals surface area contributed by atoms with E-state index in [1.807, 2.05) is 31.1 Å². The summed E-state index contributed by atoms with van der Waals surface area (Å²) in [6.45, 7) is 6.17. The number of carbonyl (C=O) groups excluding carboxylic acids is 1. The van der Waals surface area contributed by atoms with Gasteiger partial charge in [0.25, 0.3) is 0 Å². The van der Waals surface area contributed by atoms with Crippen LogP contribution >= 0.6 is 0 Å². The Kier molecular flexibility index (Phi) is 6.53. The summed E-state index contributed by atoms with van der Waals surface area (Å²) in [5.41, 5.74) is 0. The molecule has 0 saturated carbocycles. The average molecular weight is 401 g/mol.